The van der Waals surface area contributed by atoms with Gasteiger partial charge in [0.1, 0.15) is 11.5 Å². The standard InChI is InChI=1S/C23H31N3O3.HI/c1-24-23(26-13-12-20(17-26)18-28-15-14-27-2)25-16-19-8-10-22(11-9-19)29-21-6-4-3-5-7-21;/h3-11,20H,12-18H2,1-2H3,(H,24,25);1H. The first-order chi connectivity index (χ1) is 14.3. The summed E-state index contributed by atoms with van der Waals surface area (Å²) >= 11 is 0. The molecule has 0 amide bonds. The molecule has 1 atom stereocenters. The molecule has 1 aliphatic heterocycles. The third-order valence-corrected chi connectivity index (χ3v) is 4.94. The topological polar surface area (TPSA) is 55.3 Å². The molecule has 1 unspecified atom stereocenters. The third-order valence-electron chi connectivity index (χ3n) is 4.94. The van der Waals surface area contributed by atoms with E-state index >= 15 is 0 Å². The highest BCUT2D eigenvalue weighted by Crippen LogP contribution is 2.21. The second kappa shape index (κ2) is 13.5. The van der Waals surface area contributed by atoms with Crippen molar-refractivity contribution in [1.29, 1.82) is 0 Å². The van der Waals surface area contributed by atoms with Gasteiger partial charge in [-0.05, 0) is 36.2 Å². The quantitative estimate of drug-likeness (QED) is 0.231. The summed E-state index contributed by atoms with van der Waals surface area (Å²) in [4.78, 5) is 6.75. The lowest BCUT2D eigenvalue weighted by atomic mass is 10.1. The molecule has 0 radical (unpaired) electrons. The van der Waals surface area contributed by atoms with E-state index in [1.807, 2.05) is 49.5 Å². The fraction of sp³-hybridized carbons (Fsp3) is 0.435. The number of hydrogen-bond donors (Lipinski definition) is 1. The molecular weight excluding hydrogens is 493 g/mol. The first kappa shape index (κ1) is 24.4. The van der Waals surface area contributed by atoms with E-state index in [0.717, 1.165) is 50.1 Å². The van der Waals surface area contributed by atoms with Crippen LogP contribution in [0.1, 0.15) is 12.0 Å². The minimum Gasteiger partial charge on any atom is -0.457 e. The van der Waals surface area contributed by atoms with Crippen LogP contribution in [0.3, 0.4) is 0 Å². The smallest absolute Gasteiger partial charge is 0.193 e. The molecule has 164 valence electrons. The second-order valence-corrected chi connectivity index (χ2v) is 7.13. The van der Waals surface area contributed by atoms with Crippen molar-refractivity contribution in [1.82, 2.24) is 10.2 Å². The molecule has 1 heterocycles. The van der Waals surface area contributed by atoms with Gasteiger partial charge in [-0.3, -0.25) is 4.99 Å². The van der Waals surface area contributed by atoms with Crippen LogP contribution in [0.15, 0.2) is 59.6 Å². The van der Waals surface area contributed by atoms with Gasteiger partial charge in [-0.25, -0.2) is 0 Å². The number of guanidine groups is 1. The number of ether oxygens (including phenoxy) is 3. The van der Waals surface area contributed by atoms with Crippen molar-refractivity contribution < 1.29 is 14.2 Å². The summed E-state index contributed by atoms with van der Waals surface area (Å²) in [6, 6.07) is 18.0. The molecule has 30 heavy (non-hydrogen) atoms. The van der Waals surface area contributed by atoms with Crippen LogP contribution in [0.2, 0.25) is 0 Å². The zero-order valence-electron chi connectivity index (χ0n) is 17.8. The molecule has 0 aliphatic carbocycles. The lowest BCUT2D eigenvalue weighted by Gasteiger charge is -2.22. The van der Waals surface area contributed by atoms with Crippen molar-refractivity contribution in [3.05, 3.63) is 60.2 Å². The molecule has 6 nitrogen and oxygen atoms in total. The highest BCUT2D eigenvalue weighted by Gasteiger charge is 2.24. The van der Waals surface area contributed by atoms with Crippen LogP contribution in [0.5, 0.6) is 11.5 Å². The Morgan fingerprint density at radius 2 is 1.80 bits per heavy atom. The first-order valence-corrected chi connectivity index (χ1v) is 10.1. The molecule has 1 aliphatic rings. The maximum Gasteiger partial charge on any atom is 0.193 e. The lowest BCUT2D eigenvalue weighted by molar-refractivity contribution is 0.0536. The number of likely N-dealkylation sites (tertiary alicyclic amines) is 1. The zero-order valence-corrected chi connectivity index (χ0v) is 20.1. The number of hydrogen-bond acceptors (Lipinski definition) is 4. The van der Waals surface area contributed by atoms with E-state index in [-0.39, 0.29) is 24.0 Å². The summed E-state index contributed by atoms with van der Waals surface area (Å²) in [5.41, 5.74) is 1.19. The largest absolute Gasteiger partial charge is 0.457 e. The van der Waals surface area contributed by atoms with Gasteiger partial charge < -0.3 is 24.4 Å². The van der Waals surface area contributed by atoms with Crippen LogP contribution in [-0.2, 0) is 16.0 Å². The minimum atomic E-state index is 0. The molecule has 0 aromatic heterocycles. The number of nitrogens with one attached hydrogen (secondary N) is 1. The normalized spacial score (nSPS) is 16.3. The van der Waals surface area contributed by atoms with Crippen LogP contribution in [0.4, 0.5) is 0 Å². The summed E-state index contributed by atoms with van der Waals surface area (Å²) in [6.07, 6.45) is 1.12. The number of nitrogens with zero attached hydrogens (tertiary/aromatic N) is 2. The summed E-state index contributed by atoms with van der Waals surface area (Å²) in [5, 5.41) is 3.47. The molecule has 2 aromatic rings. The fourth-order valence-corrected chi connectivity index (χ4v) is 3.37. The molecular formula is C23H32IN3O3. The molecule has 2 aromatic carbocycles. The Morgan fingerprint density at radius 3 is 2.50 bits per heavy atom. The van der Waals surface area contributed by atoms with Crippen LogP contribution in [-0.4, -0.2) is 57.9 Å². The molecule has 0 spiro atoms. The van der Waals surface area contributed by atoms with Gasteiger partial charge in [0.2, 0.25) is 0 Å². The van der Waals surface area contributed by atoms with Crippen LogP contribution < -0.4 is 10.1 Å². The monoisotopic (exact) mass is 525 g/mol. The highest BCUT2D eigenvalue weighted by atomic mass is 127. The van der Waals surface area contributed by atoms with Crippen molar-refractivity contribution in [2.45, 2.75) is 13.0 Å². The Balaban J connectivity index is 0.00000320. The predicted octanol–water partition coefficient (Wildman–Crippen LogP) is 4.16. The highest BCUT2D eigenvalue weighted by molar-refractivity contribution is 14.0. The van der Waals surface area contributed by atoms with E-state index in [2.05, 4.69) is 27.3 Å². The minimum absolute atomic E-state index is 0. The number of aliphatic imine (C=N–C) groups is 1. The van der Waals surface area contributed by atoms with E-state index in [0.29, 0.717) is 19.1 Å². The molecule has 1 saturated heterocycles. The second-order valence-electron chi connectivity index (χ2n) is 7.13. The number of methoxy groups -OCH3 is 1. The summed E-state index contributed by atoms with van der Waals surface area (Å²) in [5.74, 6) is 3.16. The van der Waals surface area contributed by atoms with Gasteiger partial charge in [-0.2, -0.15) is 0 Å². The number of rotatable bonds is 9. The van der Waals surface area contributed by atoms with Gasteiger partial charge in [0, 0.05) is 39.7 Å². The Kier molecular flexibility index (Phi) is 11.0. The molecule has 0 saturated carbocycles. The Bertz CT molecular complexity index is 756. The first-order valence-electron chi connectivity index (χ1n) is 10.1. The van der Waals surface area contributed by atoms with Gasteiger partial charge in [-0.15, -0.1) is 24.0 Å². The van der Waals surface area contributed by atoms with Gasteiger partial charge in [0.05, 0.1) is 19.8 Å². The van der Waals surface area contributed by atoms with E-state index in [1.54, 1.807) is 7.11 Å². The van der Waals surface area contributed by atoms with Crippen molar-refractivity contribution in [2.24, 2.45) is 10.9 Å². The van der Waals surface area contributed by atoms with Crippen molar-refractivity contribution in [2.75, 3.05) is 47.1 Å². The molecule has 1 N–H and O–H groups in total. The predicted molar refractivity (Wildman–Crippen MR) is 131 cm³/mol. The zero-order chi connectivity index (χ0) is 20.3. The van der Waals surface area contributed by atoms with Crippen molar-refractivity contribution in [3.8, 4) is 11.5 Å². The van der Waals surface area contributed by atoms with Gasteiger partial charge in [0.15, 0.2) is 5.96 Å². The third kappa shape index (κ3) is 7.77. The maximum atomic E-state index is 5.85. The maximum absolute atomic E-state index is 5.85. The van der Waals surface area contributed by atoms with Crippen LogP contribution in [0.25, 0.3) is 0 Å². The van der Waals surface area contributed by atoms with Gasteiger partial charge >= 0.3 is 0 Å². The molecule has 3 rings (SSSR count). The summed E-state index contributed by atoms with van der Waals surface area (Å²) < 4.78 is 16.5. The Hall–Kier alpha value is -1.84. The van der Waals surface area contributed by atoms with E-state index < -0.39 is 0 Å². The average Bonchev–Trinajstić information content (AvgIpc) is 3.22. The fourth-order valence-electron chi connectivity index (χ4n) is 3.37. The summed E-state index contributed by atoms with van der Waals surface area (Å²) in [7, 11) is 3.53. The van der Waals surface area contributed by atoms with Crippen molar-refractivity contribution in [3.63, 3.8) is 0 Å². The Morgan fingerprint density at radius 1 is 1.07 bits per heavy atom. The summed E-state index contributed by atoms with van der Waals surface area (Å²) in [6.45, 7) is 4.78. The Labute approximate surface area is 196 Å². The lowest BCUT2D eigenvalue weighted by Crippen LogP contribution is -2.39. The van der Waals surface area contributed by atoms with Gasteiger partial charge in [-0.1, -0.05) is 30.3 Å². The van der Waals surface area contributed by atoms with Crippen molar-refractivity contribution >= 4 is 29.9 Å². The van der Waals surface area contributed by atoms with E-state index in [9.17, 15) is 0 Å². The average molecular weight is 525 g/mol. The molecule has 7 heteroatoms. The van der Waals surface area contributed by atoms with Crippen LogP contribution >= 0.6 is 24.0 Å². The van der Waals surface area contributed by atoms with E-state index in [4.69, 9.17) is 14.2 Å². The number of halogens is 1. The van der Waals surface area contributed by atoms with Gasteiger partial charge in [0.25, 0.3) is 0 Å². The number of benzene rings is 2. The SMILES string of the molecule is CN=C(NCc1ccc(Oc2ccccc2)cc1)N1CCC(COCCOC)C1.I. The molecule has 1 fully saturated rings. The van der Waals surface area contributed by atoms with E-state index in [1.165, 1.54) is 5.56 Å². The molecule has 0 bridgehead atoms. The van der Waals surface area contributed by atoms with Crippen LogP contribution in [0, 0.1) is 5.92 Å². The number of para-hydroxylation sites is 1.